The van der Waals surface area contributed by atoms with Gasteiger partial charge in [-0.15, -0.1) is 24.0 Å². The fourth-order valence-corrected chi connectivity index (χ4v) is 2.63. The highest BCUT2D eigenvalue weighted by Crippen LogP contribution is 2.17. The molecule has 2 rings (SSSR count). The van der Waals surface area contributed by atoms with E-state index in [4.69, 9.17) is 4.74 Å². The fraction of sp³-hybridized carbons (Fsp3) is 0.333. The van der Waals surface area contributed by atoms with Gasteiger partial charge in [-0.25, -0.2) is 0 Å². The van der Waals surface area contributed by atoms with Gasteiger partial charge in [0.05, 0.1) is 6.61 Å². The molecule has 0 aliphatic carbocycles. The summed E-state index contributed by atoms with van der Waals surface area (Å²) < 4.78 is 5.65. The molecule has 0 saturated carbocycles. The number of hydrogen-bond acceptors (Lipinski definition) is 3. The number of aliphatic imine (C=N–C) groups is 1. The second-order valence-electron chi connectivity index (χ2n) is 6.02. The molecule has 7 heteroatoms. The zero-order valence-corrected chi connectivity index (χ0v) is 18.9. The minimum absolute atomic E-state index is 0. The van der Waals surface area contributed by atoms with Gasteiger partial charge in [-0.2, -0.15) is 0 Å². The highest BCUT2D eigenvalue weighted by atomic mass is 127. The number of carbonyl (C=O) groups excluding carboxylic acids is 1. The van der Waals surface area contributed by atoms with Crippen LogP contribution in [0, 0.1) is 0 Å². The number of carbonyl (C=O) groups is 1. The largest absolute Gasteiger partial charge is 0.494 e. The Balaban J connectivity index is 0.00000392. The van der Waals surface area contributed by atoms with E-state index in [0.717, 1.165) is 35.9 Å². The molecule has 0 radical (unpaired) electrons. The molecule has 0 aliphatic heterocycles. The predicted octanol–water partition coefficient (Wildman–Crippen LogP) is 3.57. The average Bonchev–Trinajstić information content (AvgIpc) is 2.66. The highest BCUT2D eigenvalue weighted by Gasteiger charge is 2.04. The summed E-state index contributed by atoms with van der Waals surface area (Å²) in [6.45, 7) is 5.52. The highest BCUT2D eigenvalue weighted by molar-refractivity contribution is 14.0. The number of ether oxygens (including phenoxy) is 1. The molecule has 0 heterocycles. The Labute approximate surface area is 184 Å². The predicted molar refractivity (Wildman–Crippen MR) is 126 cm³/mol. The first-order valence-electron chi connectivity index (χ1n) is 9.14. The summed E-state index contributed by atoms with van der Waals surface area (Å²) >= 11 is 0. The van der Waals surface area contributed by atoms with Crippen LogP contribution in [0.4, 0.5) is 5.69 Å². The Kier molecular flexibility index (Phi) is 11.0. The van der Waals surface area contributed by atoms with Crippen LogP contribution in [0.5, 0.6) is 5.75 Å². The van der Waals surface area contributed by atoms with Crippen LogP contribution in [0.1, 0.15) is 25.0 Å². The summed E-state index contributed by atoms with van der Waals surface area (Å²) in [5.41, 5.74) is 3.09. The van der Waals surface area contributed by atoms with Gasteiger partial charge in [-0.05, 0) is 37.1 Å². The number of guanidine groups is 1. The number of hydrogen-bond donors (Lipinski definition) is 3. The smallest absolute Gasteiger partial charge is 0.221 e. The fourth-order valence-electron chi connectivity index (χ4n) is 2.63. The third-order valence-electron chi connectivity index (χ3n) is 3.92. The molecular formula is C21H29IN4O2. The third kappa shape index (κ3) is 8.16. The van der Waals surface area contributed by atoms with Crippen molar-refractivity contribution in [1.29, 1.82) is 0 Å². The number of rotatable bonds is 8. The molecule has 0 spiro atoms. The summed E-state index contributed by atoms with van der Waals surface area (Å²) in [7, 11) is 1.76. The summed E-state index contributed by atoms with van der Waals surface area (Å²) in [5, 5.41) is 9.40. The van der Waals surface area contributed by atoms with E-state index >= 15 is 0 Å². The Bertz CT molecular complexity index is 763. The Morgan fingerprint density at radius 2 is 1.79 bits per heavy atom. The van der Waals surface area contributed by atoms with Crippen molar-refractivity contribution < 1.29 is 9.53 Å². The molecule has 0 unspecified atom stereocenters. The van der Waals surface area contributed by atoms with Crippen LogP contribution in [0.2, 0.25) is 0 Å². The van der Waals surface area contributed by atoms with Crippen molar-refractivity contribution in [2.24, 2.45) is 4.99 Å². The first-order valence-corrected chi connectivity index (χ1v) is 9.14. The normalized spacial score (nSPS) is 10.6. The first-order chi connectivity index (χ1) is 13.1. The molecule has 0 aliphatic rings. The number of amides is 1. The summed E-state index contributed by atoms with van der Waals surface area (Å²) in [5.74, 6) is 1.57. The molecule has 6 nitrogen and oxygen atoms in total. The average molecular weight is 496 g/mol. The lowest BCUT2D eigenvalue weighted by atomic mass is 10.1. The van der Waals surface area contributed by atoms with Gasteiger partial charge in [0.2, 0.25) is 5.91 Å². The second kappa shape index (κ2) is 13.0. The Morgan fingerprint density at radius 1 is 1.07 bits per heavy atom. The number of anilines is 1. The zero-order valence-electron chi connectivity index (χ0n) is 16.6. The standard InChI is InChI=1S/C21H28N4O2.HI/c1-4-27-20-8-6-5-7-18(20)15-24-21(22-3)23-14-13-17-9-11-19(12-10-17)25-16(2)26;/h5-12H,4,13-15H2,1-3H3,(H,25,26)(H2,22,23,24);1H. The molecule has 0 atom stereocenters. The van der Waals surface area contributed by atoms with Crippen LogP contribution >= 0.6 is 24.0 Å². The van der Waals surface area contributed by atoms with E-state index in [-0.39, 0.29) is 29.9 Å². The van der Waals surface area contributed by atoms with Gasteiger partial charge >= 0.3 is 0 Å². The van der Waals surface area contributed by atoms with Crippen LogP contribution in [0.3, 0.4) is 0 Å². The molecule has 2 aromatic rings. The quantitative estimate of drug-likeness (QED) is 0.297. The monoisotopic (exact) mass is 496 g/mol. The van der Waals surface area contributed by atoms with Crippen molar-refractivity contribution in [2.75, 3.05) is 25.5 Å². The van der Waals surface area contributed by atoms with Gasteiger partial charge < -0.3 is 20.7 Å². The molecule has 0 fully saturated rings. The zero-order chi connectivity index (χ0) is 19.5. The number of nitrogens with zero attached hydrogens (tertiary/aromatic N) is 1. The van der Waals surface area contributed by atoms with E-state index in [1.807, 2.05) is 55.5 Å². The van der Waals surface area contributed by atoms with E-state index in [1.165, 1.54) is 12.5 Å². The Hall–Kier alpha value is -2.29. The molecule has 1 amide bonds. The first kappa shape index (κ1) is 23.7. The molecule has 2 aromatic carbocycles. The van der Waals surface area contributed by atoms with E-state index in [0.29, 0.717) is 13.2 Å². The molecule has 3 N–H and O–H groups in total. The number of para-hydroxylation sites is 1. The molecule has 0 saturated heterocycles. The lowest BCUT2D eigenvalue weighted by molar-refractivity contribution is -0.114. The van der Waals surface area contributed by atoms with E-state index in [9.17, 15) is 4.79 Å². The van der Waals surface area contributed by atoms with Gasteiger partial charge in [0, 0.05) is 38.3 Å². The van der Waals surface area contributed by atoms with Crippen molar-refractivity contribution >= 4 is 41.5 Å². The van der Waals surface area contributed by atoms with Gasteiger partial charge in [0.1, 0.15) is 5.75 Å². The lowest BCUT2D eigenvalue weighted by Gasteiger charge is -2.14. The van der Waals surface area contributed by atoms with Crippen LogP contribution in [0.15, 0.2) is 53.5 Å². The summed E-state index contributed by atoms with van der Waals surface area (Å²) in [6, 6.07) is 15.8. The summed E-state index contributed by atoms with van der Waals surface area (Å²) in [4.78, 5) is 15.3. The van der Waals surface area contributed by atoms with E-state index in [2.05, 4.69) is 20.9 Å². The SMILES string of the molecule is CCOc1ccccc1CNC(=NC)NCCc1ccc(NC(C)=O)cc1.I. The lowest BCUT2D eigenvalue weighted by Crippen LogP contribution is -2.37. The minimum atomic E-state index is -0.0646. The number of nitrogens with one attached hydrogen (secondary N) is 3. The maximum atomic E-state index is 11.1. The number of halogens is 1. The van der Waals surface area contributed by atoms with Gasteiger partial charge in [0.25, 0.3) is 0 Å². The molecule has 0 aromatic heterocycles. The number of benzene rings is 2. The molecule has 28 heavy (non-hydrogen) atoms. The third-order valence-corrected chi connectivity index (χ3v) is 3.92. The van der Waals surface area contributed by atoms with Crippen LogP contribution in [-0.4, -0.2) is 32.1 Å². The van der Waals surface area contributed by atoms with Crippen molar-refractivity contribution in [2.45, 2.75) is 26.8 Å². The summed E-state index contributed by atoms with van der Waals surface area (Å²) in [6.07, 6.45) is 0.858. The Morgan fingerprint density at radius 3 is 2.43 bits per heavy atom. The maximum absolute atomic E-state index is 11.1. The molecular weight excluding hydrogens is 467 g/mol. The second-order valence-corrected chi connectivity index (χ2v) is 6.02. The maximum Gasteiger partial charge on any atom is 0.221 e. The topological polar surface area (TPSA) is 74.8 Å². The molecule has 0 bridgehead atoms. The van der Waals surface area contributed by atoms with Crippen molar-refractivity contribution in [1.82, 2.24) is 10.6 Å². The van der Waals surface area contributed by atoms with Gasteiger partial charge in [-0.1, -0.05) is 30.3 Å². The van der Waals surface area contributed by atoms with Crippen LogP contribution < -0.4 is 20.7 Å². The van der Waals surface area contributed by atoms with Gasteiger partial charge in [-0.3, -0.25) is 9.79 Å². The molecule has 152 valence electrons. The van der Waals surface area contributed by atoms with Crippen molar-refractivity contribution in [3.8, 4) is 5.75 Å². The van der Waals surface area contributed by atoms with Crippen molar-refractivity contribution in [3.63, 3.8) is 0 Å². The van der Waals surface area contributed by atoms with Crippen molar-refractivity contribution in [3.05, 3.63) is 59.7 Å². The minimum Gasteiger partial charge on any atom is -0.494 e. The van der Waals surface area contributed by atoms with Crippen LogP contribution in [0.25, 0.3) is 0 Å². The van der Waals surface area contributed by atoms with E-state index in [1.54, 1.807) is 7.05 Å². The van der Waals surface area contributed by atoms with Crippen LogP contribution in [-0.2, 0) is 17.8 Å². The van der Waals surface area contributed by atoms with E-state index < -0.39 is 0 Å². The van der Waals surface area contributed by atoms with Gasteiger partial charge in [0.15, 0.2) is 5.96 Å².